The average Bonchev–Trinajstić information content (AvgIpc) is 2.24. The molecule has 0 saturated carbocycles. The van der Waals surface area contributed by atoms with Gasteiger partial charge in [-0.15, -0.1) is 0 Å². The summed E-state index contributed by atoms with van der Waals surface area (Å²) in [5.41, 5.74) is 5.28. The molecule has 0 amide bonds. The summed E-state index contributed by atoms with van der Waals surface area (Å²) in [5, 5.41) is 0. The van der Waals surface area contributed by atoms with Crippen LogP contribution in [0.15, 0.2) is 17.4 Å². The van der Waals surface area contributed by atoms with E-state index < -0.39 is 0 Å². The molecule has 0 aromatic carbocycles. The molecule has 0 unspecified atom stereocenters. The van der Waals surface area contributed by atoms with E-state index in [-0.39, 0.29) is 0 Å². The molecule has 0 radical (unpaired) electrons. The Hall–Kier alpha value is -0.990. The molecule has 0 aliphatic carbocycles. The molecule has 3 heteroatoms. The molecule has 0 spiro atoms. The fraction of sp³-hybridized carbons (Fsp3) is 0.400. The Morgan fingerprint density at radius 1 is 1.62 bits per heavy atom. The van der Waals surface area contributed by atoms with Crippen LogP contribution in [0, 0.1) is 0 Å². The third-order valence-electron chi connectivity index (χ3n) is 0.501. The van der Waals surface area contributed by atoms with Crippen molar-refractivity contribution in [2.45, 2.75) is 13.8 Å². The molecular formula is C5H11N3. The van der Waals surface area contributed by atoms with Crippen LogP contribution in [-0.4, -0.2) is 6.34 Å². The Labute approximate surface area is 49.5 Å². The summed E-state index contributed by atoms with van der Waals surface area (Å²) < 4.78 is 0. The fourth-order valence-corrected chi connectivity index (χ4v) is 0.258. The number of nitrogens with one attached hydrogen (secondary N) is 2. The summed E-state index contributed by atoms with van der Waals surface area (Å²) in [6, 6.07) is 0. The smallest absolute Gasteiger partial charge is 0.138 e. The third kappa shape index (κ3) is 2.23. The molecule has 0 aromatic rings. The van der Waals surface area contributed by atoms with Crippen molar-refractivity contribution >= 4 is 6.34 Å². The molecule has 0 bridgehead atoms. The maximum atomic E-state index is 3.69. The van der Waals surface area contributed by atoms with Gasteiger partial charge in [0.1, 0.15) is 12.2 Å². The molecule has 0 fully saturated rings. The molecule has 3 nitrogen and oxygen atoms in total. The van der Waals surface area contributed by atoms with E-state index in [2.05, 4.69) is 22.4 Å². The van der Waals surface area contributed by atoms with Crippen molar-refractivity contribution in [2.75, 3.05) is 0 Å². The first-order valence-electron chi connectivity index (χ1n) is 2.62. The van der Waals surface area contributed by atoms with Gasteiger partial charge in [0.15, 0.2) is 0 Å². The van der Waals surface area contributed by atoms with Gasteiger partial charge in [0.25, 0.3) is 0 Å². The van der Waals surface area contributed by atoms with Gasteiger partial charge in [-0.1, -0.05) is 20.4 Å². The SMILES string of the molecule is C=C1N=CNN1.CC. The Bertz CT molecular complexity index is 95.8. The average molecular weight is 113 g/mol. The van der Waals surface area contributed by atoms with Crippen LogP contribution in [-0.2, 0) is 0 Å². The summed E-state index contributed by atoms with van der Waals surface area (Å²) in [5.74, 6) is 0.662. The highest BCUT2D eigenvalue weighted by atomic mass is 15.4. The van der Waals surface area contributed by atoms with Gasteiger partial charge in [0.2, 0.25) is 0 Å². The molecule has 46 valence electrons. The monoisotopic (exact) mass is 113 g/mol. The maximum Gasteiger partial charge on any atom is 0.138 e. The molecule has 8 heavy (non-hydrogen) atoms. The van der Waals surface area contributed by atoms with Gasteiger partial charge in [0.05, 0.1) is 0 Å². The fourth-order valence-electron chi connectivity index (χ4n) is 0.258. The number of aliphatic imine (C=N–C) groups is 1. The number of hydrazine groups is 1. The van der Waals surface area contributed by atoms with Gasteiger partial charge in [-0.3, -0.25) is 10.9 Å². The van der Waals surface area contributed by atoms with Gasteiger partial charge in [-0.25, -0.2) is 4.99 Å². The molecule has 0 saturated heterocycles. The number of rotatable bonds is 0. The summed E-state index contributed by atoms with van der Waals surface area (Å²) >= 11 is 0. The lowest BCUT2D eigenvalue weighted by Crippen LogP contribution is -2.20. The van der Waals surface area contributed by atoms with Crippen LogP contribution in [0.25, 0.3) is 0 Å². The van der Waals surface area contributed by atoms with Crippen molar-refractivity contribution in [3.63, 3.8) is 0 Å². The Balaban J connectivity index is 0.000000222. The molecule has 1 heterocycles. The molecule has 0 aromatic heterocycles. The van der Waals surface area contributed by atoms with E-state index in [1.165, 1.54) is 0 Å². The highest BCUT2D eigenvalue weighted by Gasteiger charge is 1.87. The quantitative estimate of drug-likeness (QED) is 0.483. The standard InChI is InChI=1S/C3H5N3.C2H6/c1-3-4-2-5-6-3;1-2/h2,6H,1H2,(H,4,5);1-2H3. The molecule has 1 rings (SSSR count). The van der Waals surface area contributed by atoms with Gasteiger partial charge in [-0.2, -0.15) is 0 Å². The first kappa shape index (κ1) is 7.01. The van der Waals surface area contributed by atoms with Crippen LogP contribution in [0.2, 0.25) is 0 Å². The highest BCUT2D eigenvalue weighted by Crippen LogP contribution is 1.82. The predicted octanol–water partition coefficient (Wildman–Crippen LogP) is 0.620. The third-order valence-corrected chi connectivity index (χ3v) is 0.501. The zero-order valence-corrected chi connectivity index (χ0v) is 5.23. The van der Waals surface area contributed by atoms with Crippen LogP contribution in [0.5, 0.6) is 0 Å². The zero-order chi connectivity index (χ0) is 6.41. The summed E-state index contributed by atoms with van der Waals surface area (Å²) in [6.07, 6.45) is 1.54. The first-order valence-corrected chi connectivity index (χ1v) is 2.62. The van der Waals surface area contributed by atoms with Crippen LogP contribution < -0.4 is 10.9 Å². The van der Waals surface area contributed by atoms with Crippen molar-refractivity contribution in [2.24, 2.45) is 4.99 Å². The van der Waals surface area contributed by atoms with E-state index in [0.717, 1.165) is 0 Å². The van der Waals surface area contributed by atoms with Gasteiger partial charge in [0, 0.05) is 0 Å². The number of hydrogen-bond acceptors (Lipinski definition) is 3. The maximum absolute atomic E-state index is 3.69. The summed E-state index contributed by atoms with van der Waals surface area (Å²) in [6.45, 7) is 7.48. The van der Waals surface area contributed by atoms with Crippen LogP contribution in [0.3, 0.4) is 0 Å². The first-order chi connectivity index (χ1) is 3.89. The minimum Gasteiger partial charge on any atom is -0.289 e. The second-order valence-corrected chi connectivity index (χ2v) is 0.974. The topological polar surface area (TPSA) is 36.4 Å². The zero-order valence-electron chi connectivity index (χ0n) is 5.23. The van der Waals surface area contributed by atoms with Gasteiger partial charge >= 0.3 is 0 Å². The van der Waals surface area contributed by atoms with Crippen molar-refractivity contribution < 1.29 is 0 Å². The largest absolute Gasteiger partial charge is 0.289 e. The van der Waals surface area contributed by atoms with E-state index in [1.54, 1.807) is 6.34 Å². The Morgan fingerprint density at radius 3 is 2.38 bits per heavy atom. The lowest BCUT2D eigenvalue weighted by atomic mass is 10.9. The predicted molar refractivity (Wildman–Crippen MR) is 35.3 cm³/mol. The van der Waals surface area contributed by atoms with Gasteiger partial charge < -0.3 is 0 Å². The second-order valence-electron chi connectivity index (χ2n) is 0.974. The van der Waals surface area contributed by atoms with E-state index in [1.807, 2.05) is 13.8 Å². The lowest BCUT2D eigenvalue weighted by Gasteiger charge is -1.87. The number of hydrogen-bond donors (Lipinski definition) is 2. The van der Waals surface area contributed by atoms with Crippen molar-refractivity contribution in [1.29, 1.82) is 0 Å². The van der Waals surface area contributed by atoms with E-state index in [0.29, 0.717) is 5.82 Å². The molecular weight excluding hydrogens is 102 g/mol. The van der Waals surface area contributed by atoms with E-state index in [9.17, 15) is 0 Å². The van der Waals surface area contributed by atoms with E-state index >= 15 is 0 Å². The van der Waals surface area contributed by atoms with Crippen molar-refractivity contribution in [1.82, 2.24) is 10.9 Å². The Morgan fingerprint density at radius 2 is 2.25 bits per heavy atom. The minimum absolute atomic E-state index is 0.662. The molecule has 0 atom stereocenters. The molecule has 2 N–H and O–H groups in total. The Kier molecular flexibility index (Phi) is 3.66. The second kappa shape index (κ2) is 4.18. The van der Waals surface area contributed by atoms with Crippen molar-refractivity contribution in [3.8, 4) is 0 Å². The normalized spacial score (nSPS) is 13.5. The summed E-state index contributed by atoms with van der Waals surface area (Å²) in [7, 11) is 0. The molecule has 1 aliphatic rings. The lowest BCUT2D eigenvalue weighted by molar-refractivity contribution is 0.820. The van der Waals surface area contributed by atoms with E-state index in [4.69, 9.17) is 0 Å². The van der Waals surface area contributed by atoms with Gasteiger partial charge in [-0.05, 0) is 0 Å². The highest BCUT2D eigenvalue weighted by molar-refractivity contribution is 5.58. The van der Waals surface area contributed by atoms with Crippen molar-refractivity contribution in [3.05, 3.63) is 12.4 Å². The minimum atomic E-state index is 0.662. The van der Waals surface area contributed by atoms with Crippen LogP contribution >= 0.6 is 0 Å². The summed E-state index contributed by atoms with van der Waals surface area (Å²) in [4.78, 5) is 3.69. The molecule has 1 aliphatic heterocycles. The van der Waals surface area contributed by atoms with Crippen LogP contribution in [0.1, 0.15) is 13.8 Å². The van der Waals surface area contributed by atoms with Crippen LogP contribution in [0.4, 0.5) is 0 Å². The number of nitrogens with zero attached hydrogens (tertiary/aromatic N) is 1.